The Morgan fingerprint density at radius 1 is 1.37 bits per heavy atom. The van der Waals surface area contributed by atoms with Gasteiger partial charge in [-0.15, -0.1) is 6.20 Å². The number of furan rings is 1. The van der Waals surface area contributed by atoms with Crippen LogP contribution in [0.2, 0.25) is 0 Å². The van der Waals surface area contributed by atoms with Crippen LogP contribution < -0.4 is 4.57 Å². The van der Waals surface area contributed by atoms with Gasteiger partial charge in [-0.3, -0.25) is 4.57 Å². The summed E-state index contributed by atoms with van der Waals surface area (Å²) in [4.78, 5) is 4.01. The SMILES string of the molecule is Cc1ccoc1-c1n(C)c[c-][n+]1-c1[c-]nccc1.[Y]. The van der Waals surface area contributed by atoms with Crippen LogP contribution >= 0.6 is 0 Å². The normalized spacial score (nSPS) is 10.2. The van der Waals surface area contributed by atoms with Crippen LogP contribution in [0, 0.1) is 19.3 Å². The summed E-state index contributed by atoms with van der Waals surface area (Å²) in [5, 5.41) is 0. The van der Waals surface area contributed by atoms with E-state index in [2.05, 4.69) is 17.4 Å². The van der Waals surface area contributed by atoms with Gasteiger partial charge >= 0.3 is 0 Å². The molecule has 0 fully saturated rings. The Hall–Kier alpha value is -1.26. The third-order valence-corrected chi connectivity index (χ3v) is 2.83. The Morgan fingerprint density at radius 2 is 2.21 bits per heavy atom. The molecule has 0 atom stereocenters. The van der Waals surface area contributed by atoms with Gasteiger partial charge < -0.3 is 14.0 Å². The standard InChI is InChI=1S/C14H12N3O.Y/c1-11-5-9-18-13(11)14-16(2)7-8-17(14)12-4-3-6-15-10-12;/h3-7,9H,1-2H3;/q-1;. The third kappa shape index (κ3) is 2.55. The Kier molecular flexibility index (Phi) is 4.32. The molecule has 19 heavy (non-hydrogen) atoms. The van der Waals surface area contributed by atoms with Crippen molar-refractivity contribution in [2.75, 3.05) is 0 Å². The second-order valence-electron chi connectivity index (χ2n) is 4.10. The first-order valence-electron chi connectivity index (χ1n) is 5.64. The maximum atomic E-state index is 5.56. The largest absolute Gasteiger partial charge is 0.469 e. The summed E-state index contributed by atoms with van der Waals surface area (Å²) in [6, 6.07) is 5.75. The first-order valence-corrected chi connectivity index (χ1v) is 5.64. The summed E-state index contributed by atoms with van der Waals surface area (Å²) in [5.41, 5.74) is 1.92. The second-order valence-corrected chi connectivity index (χ2v) is 4.10. The van der Waals surface area contributed by atoms with Gasteiger partial charge in [0, 0.05) is 32.7 Å². The number of hydrogen-bond donors (Lipinski definition) is 0. The fourth-order valence-corrected chi connectivity index (χ4v) is 1.91. The molecule has 0 saturated heterocycles. The monoisotopic (exact) mass is 327 g/mol. The molecular weight excluding hydrogens is 315 g/mol. The summed E-state index contributed by atoms with van der Waals surface area (Å²) in [6.45, 7) is 2.02. The maximum absolute atomic E-state index is 5.56. The molecule has 3 heterocycles. The van der Waals surface area contributed by atoms with E-state index in [1.165, 1.54) is 0 Å². The minimum Gasteiger partial charge on any atom is -0.469 e. The van der Waals surface area contributed by atoms with Crippen LogP contribution in [0.5, 0.6) is 0 Å². The molecule has 1 radical (unpaired) electrons. The van der Waals surface area contributed by atoms with Gasteiger partial charge in [-0.25, -0.2) is 0 Å². The van der Waals surface area contributed by atoms with Gasteiger partial charge in [0.15, 0.2) is 5.76 Å². The minimum atomic E-state index is 0. The fourth-order valence-electron chi connectivity index (χ4n) is 1.91. The van der Waals surface area contributed by atoms with Crippen LogP contribution in [0.1, 0.15) is 5.56 Å². The summed E-state index contributed by atoms with van der Waals surface area (Å²) >= 11 is 0. The third-order valence-electron chi connectivity index (χ3n) is 2.83. The molecule has 3 aromatic heterocycles. The Balaban J connectivity index is 0.00000133. The summed E-state index contributed by atoms with van der Waals surface area (Å²) in [5.74, 6) is 1.75. The predicted molar refractivity (Wildman–Crippen MR) is 64.9 cm³/mol. The van der Waals surface area contributed by atoms with Gasteiger partial charge in [-0.05, 0) is 18.6 Å². The Labute approximate surface area is 137 Å². The topological polar surface area (TPSA) is 34.8 Å². The van der Waals surface area contributed by atoms with Crippen molar-refractivity contribution in [2.45, 2.75) is 6.92 Å². The van der Waals surface area contributed by atoms with Gasteiger partial charge in [-0.1, -0.05) is 11.9 Å². The average Bonchev–Trinajstić information content (AvgIpc) is 2.96. The zero-order valence-electron chi connectivity index (χ0n) is 10.8. The van der Waals surface area contributed by atoms with Crippen molar-refractivity contribution in [1.82, 2.24) is 9.55 Å². The van der Waals surface area contributed by atoms with E-state index in [1.807, 2.05) is 47.5 Å². The van der Waals surface area contributed by atoms with E-state index in [0.717, 1.165) is 22.8 Å². The molecule has 4 nitrogen and oxygen atoms in total. The van der Waals surface area contributed by atoms with Gasteiger partial charge in [0.05, 0.1) is 25.7 Å². The van der Waals surface area contributed by atoms with Crippen LogP contribution in [0.25, 0.3) is 17.3 Å². The second kappa shape index (κ2) is 5.80. The zero-order chi connectivity index (χ0) is 12.5. The predicted octanol–water partition coefficient (Wildman–Crippen LogP) is 1.86. The molecule has 0 aliphatic carbocycles. The van der Waals surface area contributed by atoms with E-state index < -0.39 is 0 Å². The van der Waals surface area contributed by atoms with Gasteiger partial charge in [-0.2, -0.15) is 12.1 Å². The summed E-state index contributed by atoms with van der Waals surface area (Å²) in [6.07, 6.45) is 11.3. The molecule has 0 aromatic carbocycles. The first-order chi connectivity index (χ1) is 8.77. The molecule has 0 unspecified atom stereocenters. The number of aromatic nitrogens is 3. The van der Waals surface area contributed by atoms with E-state index in [-0.39, 0.29) is 32.7 Å². The number of pyridine rings is 1. The zero-order valence-corrected chi connectivity index (χ0v) is 13.6. The van der Waals surface area contributed by atoms with Crippen LogP contribution in [0.15, 0.2) is 41.3 Å². The van der Waals surface area contributed by atoms with E-state index in [1.54, 1.807) is 12.5 Å². The van der Waals surface area contributed by atoms with Crippen LogP contribution in [0.4, 0.5) is 0 Å². The van der Waals surface area contributed by atoms with Crippen molar-refractivity contribution >= 4 is 0 Å². The van der Waals surface area contributed by atoms with Crippen molar-refractivity contribution in [3.8, 4) is 17.3 Å². The van der Waals surface area contributed by atoms with Crippen molar-refractivity contribution in [1.29, 1.82) is 0 Å². The van der Waals surface area contributed by atoms with Crippen LogP contribution in [0.3, 0.4) is 0 Å². The Morgan fingerprint density at radius 3 is 2.84 bits per heavy atom. The van der Waals surface area contributed by atoms with Gasteiger partial charge in [0.2, 0.25) is 5.82 Å². The first kappa shape index (κ1) is 14.2. The number of hydrogen-bond acceptors (Lipinski definition) is 2. The molecule has 5 heteroatoms. The number of aryl methyl sites for hydroxylation is 2. The van der Waals surface area contributed by atoms with E-state index in [9.17, 15) is 0 Å². The fraction of sp³-hybridized carbons (Fsp3) is 0.143. The molecule has 0 amide bonds. The Bertz CT molecular complexity index is 673. The molecule has 0 spiro atoms. The number of imidazole rings is 1. The maximum Gasteiger partial charge on any atom is 0.220 e. The van der Waals surface area contributed by atoms with Crippen molar-refractivity contribution in [3.05, 3.63) is 54.8 Å². The van der Waals surface area contributed by atoms with Gasteiger partial charge in [0.25, 0.3) is 0 Å². The van der Waals surface area contributed by atoms with Crippen molar-refractivity contribution in [2.24, 2.45) is 7.05 Å². The molecule has 3 aromatic rings. The van der Waals surface area contributed by atoms with Crippen LogP contribution in [-0.4, -0.2) is 9.55 Å². The smallest absolute Gasteiger partial charge is 0.220 e. The van der Waals surface area contributed by atoms with Crippen molar-refractivity contribution < 1.29 is 41.7 Å². The van der Waals surface area contributed by atoms with Gasteiger partial charge in [0.1, 0.15) is 0 Å². The average molecular weight is 327 g/mol. The molecule has 0 N–H and O–H groups in total. The summed E-state index contributed by atoms with van der Waals surface area (Å²) < 4.78 is 9.41. The van der Waals surface area contributed by atoms with E-state index >= 15 is 0 Å². The molecule has 0 aliphatic heterocycles. The summed E-state index contributed by atoms with van der Waals surface area (Å²) in [7, 11) is 1.96. The number of rotatable bonds is 2. The minimum absolute atomic E-state index is 0. The van der Waals surface area contributed by atoms with E-state index in [0.29, 0.717) is 0 Å². The molecule has 3 rings (SSSR count). The molecule has 0 saturated carbocycles. The molecule has 0 bridgehead atoms. The molecule has 93 valence electrons. The quantitative estimate of drug-likeness (QED) is 0.532. The number of nitrogens with zero attached hydrogens (tertiary/aromatic N) is 3. The van der Waals surface area contributed by atoms with E-state index in [4.69, 9.17) is 4.42 Å². The molecule has 0 aliphatic rings. The van der Waals surface area contributed by atoms with Crippen LogP contribution in [-0.2, 0) is 39.8 Å². The molecular formula is C14H12N3OY-. The van der Waals surface area contributed by atoms with Crippen molar-refractivity contribution in [3.63, 3.8) is 0 Å².